The van der Waals surface area contributed by atoms with Crippen molar-refractivity contribution in [1.82, 2.24) is 4.90 Å². The topological polar surface area (TPSA) is 57.6 Å². The monoisotopic (exact) mass is 269 g/mol. The number of benzene rings is 1. The van der Waals surface area contributed by atoms with Crippen LogP contribution < -0.4 is 0 Å². The van der Waals surface area contributed by atoms with E-state index >= 15 is 0 Å². The summed E-state index contributed by atoms with van der Waals surface area (Å²) in [4.78, 5) is 23.8. The number of carboxylic acid groups (broad SMARTS) is 1. The molecule has 102 valence electrons. The SMILES string of the molecule is O=C(O)c1ccc(C(=O)N2CCCC(F)(F)C2)cc1. The lowest BCUT2D eigenvalue weighted by atomic mass is 10.1. The van der Waals surface area contributed by atoms with Crippen molar-refractivity contribution >= 4 is 11.9 Å². The zero-order valence-corrected chi connectivity index (χ0v) is 10.1. The van der Waals surface area contributed by atoms with Gasteiger partial charge in [0.1, 0.15) is 0 Å². The second-order valence-corrected chi connectivity index (χ2v) is 4.57. The predicted molar refractivity (Wildman–Crippen MR) is 63.5 cm³/mol. The second kappa shape index (κ2) is 4.95. The molecule has 1 aliphatic rings. The van der Waals surface area contributed by atoms with Crippen LogP contribution in [-0.4, -0.2) is 40.9 Å². The van der Waals surface area contributed by atoms with Crippen molar-refractivity contribution in [2.24, 2.45) is 0 Å². The van der Waals surface area contributed by atoms with E-state index in [2.05, 4.69) is 0 Å². The summed E-state index contributed by atoms with van der Waals surface area (Å²) in [6.45, 7) is -0.276. The van der Waals surface area contributed by atoms with Gasteiger partial charge in [0, 0.05) is 18.5 Å². The van der Waals surface area contributed by atoms with E-state index in [9.17, 15) is 18.4 Å². The lowest BCUT2D eigenvalue weighted by Gasteiger charge is -2.32. The van der Waals surface area contributed by atoms with Crippen LogP contribution in [0.5, 0.6) is 0 Å². The largest absolute Gasteiger partial charge is 0.478 e. The molecule has 0 aliphatic carbocycles. The highest BCUT2D eigenvalue weighted by atomic mass is 19.3. The molecule has 1 aromatic carbocycles. The number of alkyl halides is 2. The van der Waals surface area contributed by atoms with Gasteiger partial charge in [-0.1, -0.05) is 0 Å². The maximum Gasteiger partial charge on any atom is 0.335 e. The number of hydrogen-bond donors (Lipinski definition) is 1. The molecule has 0 bridgehead atoms. The van der Waals surface area contributed by atoms with Crippen molar-refractivity contribution in [3.63, 3.8) is 0 Å². The zero-order valence-electron chi connectivity index (χ0n) is 10.1. The second-order valence-electron chi connectivity index (χ2n) is 4.57. The van der Waals surface area contributed by atoms with Crippen LogP contribution in [0.1, 0.15) is 33.6 Å². The van der Waals surface area contributed by atoms with E-state index < -0.39 is 24.3 Å². The third-order valence-electron chi connectivity index (χ3n) is 3.06. The average Bonchev–Trinajstić information content (AvgIpc) is 2.37. The number of hydrogen-bond acceptors (Lipinski definition) is 2. The molecule has 1 amide bonds. The molecule has 0 atom stereocenters. The van der Waals surface area contributed by atoms with Crippen molar-refractivity contribution in [3.8, 4) is 0 Å². The van der Waals surface area contributed by atoms with E-state index in [1.54, 1.807) is 0 Å². The van der Waals surface area contributed by atoms with Crippen molar-refractivity contribution in [2.45, 2.75) is 18.8 Å². The van der Waals surface area contributed by atoms with Crippen molar-refractivity contribution < 1.29 is 23.5 Å². The maximum absolute atomic E-state index is 13.2. The minimum Gasteiger partial charge on any atom is -0.478 e. The third kappa shape index (κ3) is 3.07. The van der Waals surface area contributed by atoms with Gasteiger partial charge in [-0.2, -0.15) is 0 Å². The van der Waals surface area contributed by atoms with Gasteiger partial charge in [-0.3, -0.25) is 4.79 Å². The first-order valence-corrected chi connectivity index (χ1v) is 5.89. The lowest BCUT2D eigenvalue weighted by Crippen LogP contribution is -2.45. The van der Waals surface area contributed by atoms with Gasteiger partial charge in [0.05, 0.1) is 12.1 Å². The fourth-order valence-corrected chi connectivity index (χ4v) is 2.08. The molecule has 1 N–H and O–H groups in total. The Morgan fingerprint density at radius 1 is 1.16 bits per heavy atom. The number of carbonyl (C=O) groups excluding carboxylic acids is 1. The van der Waals surface area contributed by atoms with E-state index in [0.717, 1.165) is 4.90 Å². The molecular weight excluding hydrogens is 256 g/mol. The van der Waals surface area contributed by atoms with E-state index in [4.69, 9.17) is 5.11 Å². The highest BCUT2D eigenvalue weighted by Gasteiger charge is 2.37. The molecular formula is C13H13F2NO3. The van der Waals surface area contributed by atoms with Gasteiger partial charge < -0.3 is 10.0 Å². The number of nitrogens with zero attached hydrogens (tertiary/aromatic N) is 1. The number of piperidine rings is 1. The Bertz CT molecular complexity index is 499. The Balaban J connectivity index is 2.13. The standard InChI is InChI=1S/C13H13F2NO3/c14-13(15)6-1-7-16(8-13)11(17)9-2-4-10(5-3-9)12(18)19/h2-5H,1,6-8H2,(H,18,19). The molecule has 1 saturated heterocycles. The van der Waals surface area contributed by atoms with Gasteiger partial charge >= 0.3 is 5.97 Å². The minimum atomic E-state index is -2.84. The minimum absolute atomic E-state index is 0.0560. The van der Waals surface area contributed by atoms with Crippen molar-refractivity contribution in [1.29, 1.82) is 0 Å². The molecule has 0 saturated carbocycles. The first-order valence-electron chi connectivity index (χ1n) is 5.89. The Labute approximate surface area is 108 Å². The number of carbonyl (C=O) groups is 2. The smallest absolute Gasteiger partial charge is 0.335 e. The number of halogens is 2. The molecule has 0 radical (unpaired) electrons. The summed E-state index contributed by atoms with van der Waals surface area (Å²) in [6, 6.07) is 5.27. The molecule has 1 aromatic rings. The molecule has 0 unspecified atom stereocenters. The third-order valence-corrected chi connectivity index (χ3v) is 3.06. The summed E-state index contributed by atoms with van der Waals surface area (Å²) in [6.07, 6.45) is 0.0701. The Morgan fingerprint density at radius 3 is 2.26 bits per heavy atom. The molecule has 6 heteroatoms. The summed E-state index contributed by atoms with van der Waals surface area (Å²) in [5, 5.41) is 8.74. The highest BCUT2D eigenvalue weighted by molar-refractivity contribution is 5.96. The average molecular weight is 269 g/mol. The summed E-state index contributed by atoms with van der Waals surface area (Å²) < 4.78 is 26.5. The number of amides is 1. The Morgan fingerprint density at radius 2 is 1.74 bits per heavy atom. The molecule has 0 aromatic heterocycles. The summed E-state index contributed by atoms with van der Waals surface area (Å²) in [5.41, 5.74) is 0.281. The zero-order chi connectivity index (χ0) is 14.0. The van der Waals surface area contributed by atoms with Crippen LogP contribution in [0.2, 0.25) is 0 Å². The summed E-state index contributed by atoms with van der Waals surface area (Å²) >= 11 is 0. The van der Waals surface area contributed by atoms with E-state index in [1.807, 2.05) is 0 Å². The summed E-state index contributed by atoms with van der Waals surface area (Å²) in [5.74, 6) is -4.42. The molecule has 4 nitrogen and oxygen atoms in total. The highest BCUT2D eigenvalue weighted by Crippen LogP contribution is 2.27. The van der Waals surface area contributed by atoms with Gasteiger partial charge in [-0.25, -0.2) is 13.6 Å². The van der Waals surface area contributed by atoms with Gasteiger partial charge in [0.2, 0.25) is 0 Å². The molecule has 1 fully saturated rings. The number of rotatable bonds is 2. The lowest BCUT2D eigenvalue weighted by molar-refractivity contribution is -0.0560. The van der Waals surface area contributed by atoms with Crippen LogP contribution >= 0.6 is 0 Å². The number of likely N-dealkylation sites (tertiary alicyclic amines) is 1. The molecule has 1 aliphatic heterocycles. The van der Waals surface area contributed by atoms with Crippen LogP contribution in [0.15, 0.2) is 24.3 Å². The van der Waals surface area contributed by atoms with Crippen molar-refractivity contribution in [3.05, 3.63) is 35.4 Å². The van der Waals surface area contributed by atoms with E-state index in [1.165, 1.54) is 24.3 Å². The van der Waals surface area contributed by atoms with Gasteiger partial charge in [-0.05, 0) is 30.7 Å². The van der Waals surface area contributed by atoms with E-state index in [-0.39, 0.29) is 24.0 Å². The van der Waals surface area contributed by atoms with Gasteiger partial charge in [0.15, 0.2) is 0 Å². The normalized spacial score (nSPS) is 18.1. The quantitative estimate of drug-likeness (QED) is 0.895. The van der Waals surface area contributed by atoms with Gasteiger partial charge in [0.25, 0.3) is 11.8 Å². The number of aromatic carboxylic acids is 1. The summed E-state index contributed by atoms with van der Waals surface area (Å²) in [7, 11) is 0. The molecule has 0 spiro atoms. The van der Waals surface area contributed by atoms with Crippen LogP contribution in [0.3, 0.4) is 0 Å². The molecule has 1 heterocycles. The first-order chi connectivity index (χ1) is 8.89. The fraction of sp³-hybridized carbons (Fsp3) is 0.385. The van der Waals surface area contributed by atoms with Crippen LogP contribution in [0, 0.1) is 0 Å². The van der Waals surface area contributed by atoms with Crippen LogP contribution in [0.4, 0.5) is 8.78 Å². The Kier molecular flexibility index (Phi) is 3.50. The van der Waals surface area contributed by atoms with Gasteiger partial charge in [-0.15, -0.1) is 0 Å². The van der Waals surface area contributed by atoms with Crippen molar-refractivity contribution in [2.75, 3.05) is 13.1 Å². The van der Waals surface area contributed by atoms with Crippen LogP contribution in [0.25, 0.3) is 0 Å². The Hall–Kier alpha value is -1.98. The first kappa shape index (κ1) is 13.5. The maximum atomic E-state index is 13.2. The molecule has 2 rings (SSSR count). The van der Waals surface area contributed by atoms with Crippen LogP contribution in [-0.2, 0) is 0 Å². The number of carboxylic acids is 1. The predicted octanol–water partition coefficient (Wildman–Crippen LogP) is 2.26. The fourth-order valence-electron chi connectivity index (χ4n) is 2.08. The molecule has 19 heavy (non-hydrogen) atoms. The van der Waals surface area contributed by atoms with E-state index in [0.29, 0.717) is 6.54 Å².